The summed E-state index contributed by atoms with van der Waals surface area (Å²) >= 11 is 0. The average Bonchev–Trinajstić information content (AvgIpc) is 3.18. The van der Waals surface area contributed by atoms with Gasteiger partial charge in [-0.2, -0.15) is 0 Å². The van der Waals surface area contributed by atoms with Crippen LogP contribution in [-0.2, 0) is 32.7 Å². The van der Waals surface area contributed by atoms with Gasteiger partial charge in [0.2, 0.25) is 0 Å². The minimum Gasteiger partial charge on any atom is -0.756 e. The Bertz CT molecular complexity index is 1210. The topological polar surface area (TPSA) is 131 Å². The Hall–Kier alpha value is -2.33. The number of carbonyl (C=O) groups excluding carboxylic acids is 2. The molecule has 1 unspecified atom stereocenters. The summed E-state index contributed by atoms with van der Waals surface area (Å²) in [6.07, 6.45) is 44.3. The number of esters is 2. The van der Waals surface area contributed by atoms with E-state index in [1.165, 1.54) is 64.2 Å². The van der Waals surface area contributed by atoms with E-state index in [-0.39, 0.29) is 32.2 Å². The van der Waals surface area contributed by atoms with Crippen molar-refractivity contribution in [2.75, 3.05) is 47.5 Å². The molecule has 0 heterocycles. The third kappa shape index (κ3) is 43.6. The van der Waals surface area contributed by atoms with Crippen LogP contribution in [0.4, 0.5) is 0 Å². The van der Waals surface area contributed by atoms with Crippen LogP contribution in [0.5, 0.6) is 0 Å². The highest BCUT2D eigenvalue weighted by molar-refractivity contribution is 7.45. The SMILES string of the molecule is CCCCCCCC/C=C\CCCCCCCCCC(=O)O[C@H](COC(=O)CCC/C=C\C/C=C\C/C=C\C=C\[C@H](O)CCCCC)COP(=O)([O-])OCC[N+](C)(C)C. The number of aliphatic hydroxyl groups is 1. The van der Waals surface area contributed by atoms with Crippen LogP contribution in [0.1, 0.15) is 174 Å². The molecule has 0 aromatic rings. The van der Waals surface area contributed by atoms with Crippen molar-refractivity contribution in [1.29, 1.82) is 0 Å². The van der Waals surface area contributed by atoms with Gasteiger partial charge in [-0.25, -0.2) is 0 Å². The number of hydrogen-bond acceptors (Lipinski definition) is 9. The van der Waals surface area contributed by atoms with Crippen molar-refractivity contribution in [2.24, 2.45) is 0 Å². The Labute approximate surface area is 360 Å². The summed E-state index contributed by atoms with van der Waals surface area (Å²) in [6, 6.07) is 0. The fraction of sp³-hybridized carbons (Fsp3) is 0.750. The van der Waals surface area contributed by atoms with E-state index in [0.29, 0.717) is 30.3 Å². The van der Waals surface area contributed by atoms with Gasteiger partial charge >= 0.3 is 11.9 Å². The zero-order chi connectivity index (χ0) is 43.7. The number of phosphoric ester groups is 1. The van der Waals surface area contributed by atoms with E-state index in [2.05, 4.69) is 38.2 Å². The molecule has 3 atom stereocenters. The molecule has 0 fully saturated rings. The van der Waals surface area contributed by atoms with Gasteiger partial charge in [0.1, 0.15) is 19.8 Å². The van der Waals surface area contributed by atoms with Gasteiger partial charge in [-0.15, -0.1) is 0 Å². The maximum Gasteiger partial charge on any atom is 0.306 e. The molecular weight excluding hydrogens is 766 g/mol. The van der Waals surface area contributed by atoms with Gasteiger partial charge in [0, 0.05) is 12.8 Å². The largest absolute Gasteiger partial charge is 0.756 e. The predicted octanol–water partition coefficient (Wildman–Crippen LogP) is 11.6. The first-order valence-corrected chi connectivity index (χ1v) is 24.6. The van der Waals surface area contributed by atoms with E-state index < -0.39 is 32.5 Å². The molecule has 0 saturated heterocycles. The van der Waals surface area contributed by atoms with Gasteiger partial charge in [-0.1, -0.05) is 158 Å². The maximum atomic E-state index is 12.7. The highest BCUT2D eigenvalue weighted by Gasteiger charge is 2.21. The zero-order valence-electron chi connectivity index (χ0n) is 38.0. The summed E-state index contributed by atoms with van der Waals surface area (Å²) in [5.41, 5.74) is 0. The fourth-order valence-corrected chi connectivity index (χ4v) is 6.66. The number of quaternary nitrogens is 1. The third-order valence-corrected chi connectivity index (χ3v) is 10.6. The van der Waals surface area contributed by atoms with Crippen molar-refractivity contribution >= 4 is 19.8 Å². The summed E-state index contributed by atoms with van der Waals surface area (Å²) in [5, 5.41) is 9.91. The van der Waals surface area contributed by atoms with Crippen LogP contribution in [0.2, 0.25) is 0 Å². The van der Waals surface area contributed by atoms with Crippen LogP contribution >= 0.6 is 7.82 Å². The Morgan fingerprint density at radius 1 is 0.627 bits per heavy atom. The lowest BCUT2D eigenvalue weighted by Crippen LogP contribution is -2.37. The number of unbranched alkanes of at least 4 members (excludes halogenated alkanes) is 16. The second-order valence-corrected chi connectivity index (χ2v) is 18.0. The van der Waals surface area contributed by atoms with E-state index in [4.69, 9.17) is 18.5 Å². The molecule has 0 spiro atoms. The Balaban J connectivity index is 4.47. The number of nitrogens with zero attached hydrogens (tertiary/aromatic N) is 1. The van der Waals surface area contributed by atoms with Crippen LogP contribution in [0.15, 0.2) is 60.8 Å². The maximum absolute atomic E-state index is 12.7. The second-order valence-electron chi connectivity index (χ2n) is 16.6. The summed E-state index contributed by atoms with van der Waals surface area (Å²) in [4.78, 5) is 37.6. The molecule has 0 radical (unpaired) electrons. The number of carbonyl (C=O) groups is 2. The first-order valence-electron chi connectivity index (χ1n) is 23.1. The number of phosphoric acid groups is 1. The second kappa shape index (κ2) is 39.8. The standard InChI is InChI=1S/C48H86NO9P/c1-6-8-10-11-12-13-14-15-16-17-18-19-22-26-29-32-36-40-48(52)58-46(44-57-59(53,54)56-42-41-49(3,4)5)43-55-47(51)39-35-31-28-25-23-20-21-24-27-30-34-38-45(50)37-33-9-7-2/h15-16,20-21,25,27-28,30,34,38,45-46,50H,6-14,17-19,22-24,26,29,31-33,35-37,39-44H2,1-5H3/b16-15-,21-20-,28-25-,30-27-,38-34+/t45-,46-/m1/s1. The monoisotopic (exact) mass is 852 g/mol. The number of ether oxygens (including phenoxy) is 2. The van der Waals surface area contributed by atoms with Gasteiger partial charge in [-0.05, 0) is 64.2 Å². The fourth-order valence-electron chi connectivity index (χ4n) is 5.93. The summed E-state index contributed by atoms with van der Waals surface area (Å²) in [7, 11) is 1.10. The minimum absolute atomic E-state index is 0.0498. The van der Waals surface area contributed by atoms with Crippen molar-refractivity contribution in [3.8, 4) is 0 Å². The van der Waals surface area contributed by atoms with Gasteiger partial charge in [0.05, 0.1) is 33.9 Å². The number of likely N-dealkylation sites (N-methyl/N-ethyl adjacent to an activating group) is 1. The Morgan fingerprint density at radius 3 is 1.80 bits per heavy atom. The molecule has 59 heavy (non-hydrogen) atoms. The van der Waals surface area contributed by atoms with Crippen LogP contribution in [0, 0.1) is 0 Å². The lowest BCUT2D eigenvalue weighted by molar-refractivity contribution is -0.870. The molecule has 0 aromatic carbocycles. The van der Waals surface area contributed by atoms with Gasteiger partial charge in [0.15, 0.2) is 6.10 Å². The molecule has 0 rings (SSSR count). The van der Waals surface area contributed by atoms with Gasteiger partial charge in [0.25, 0.3) is 7.82 Å². The number of hydrogen-bond donors (Lipinski definition) is 1. The molecule has 1 N–H and O–H groups in total. The molecule has 11 heteroatoms. The smallest absolute Gasteiger partial charge is 0.306 e. The Kier molecular flexibility index (Phi) is 38.2. The van der Waals surface area contributed by atoms with E-state index in [1.807, 2.05) is 57.6 Å². The van der Waals surface area contributed by atoms with E-state index in [1.54, 1.807) is 0 Å². The number of rotatable bonds is 41. The highest BCUT2D eigenvalue weighted by atomic mass is 31.2. The summed E-state index contributed by atoms with van der Waals surface area (Å²) < 4.78 is 33.8. The minimum atomic E-state index is -4.65. The van der Waals surface area contributed by atoms with Crippen molar-refractivity contribution in [3.63, 3.8) is 0 Å². The van der Waals surface area contributed by atoms with Crippen LogP contribution < -0.4 is 4.89 Å². The Morgan fingerprint density at radius 2 is 1.15 bits per heavy atom. The molecule has 0 aliphatic rings. The first-order chi connectivity index (χ1) is 28.4. The number of aliphatic hydroxyl groups excluding tert-OH is 1. The lowest BCUT2D eigenvalue weighted by atomic mass is 10.1. The molecule has 0 bridgehead atoms. The number of allylic oxidation sites excluding steroid dienone is 9. The van der Waals surface area contributed by atoms with E-state index in [9.17, 15) is 24.2 Å². The summed E-state index contributed by atoms with van der Waals surface area (Å²) in [6.45, 7) is 4.01. The molecule has 0 aromatic heterocycles. The average molecular weight is 852 g/mol. The molecular formula is C48H86NO9P. The molecule has 10 nitrogen and oxygen atoms in total. The normalized spacial score (nSPS) is 14.6. The van der Waals surface area contributed by atoms with Gasteiger partial charge in [-0.3, -0.25) is 14.2 Å². The van der Waals surface area contributed by atoms with Crippen LogP contribution in [-0.4, -0.2) is 81.2 Å². The van der Waals surface area contributed by atoms with E-state index >= 15 is 0 Å². The van der Waals surface area contributed by atoms with Crippen LogP contribution in [0.25, 0.3) is 0 Å². The lowest BCUT2D eigenvalue weighted by Gasteiger charge is -2.28. The summed E-state index contributed by atoms with van der Waals surface area (Å²) in [5.74, 6) is -0.934. The predicted molar refractivity (Wildman–Crippen MR) is 242 cm³/mol. The molecule has 0 aliphatic carbocycles. The van der Waals surface area contributed by atoms with Crippen LogP contribution in [0.3, 0.4) is 0 Å². The molecule has 0 aliphatic heterocycles. The van der Waals surface area contributed by atoms with Crippen molar-refractivity contribution < 1.29 is 47.2 Å². The molecule has 0 saturated carbocycles. The van der Waals surface area contributed by atoms with Crippen molar-refractivity contribution in [2.45, 2.75) is 187 Å². The quantitative estimate of drug-likeness (QED) is 0.0159. The zero-order valence-corrected chi connectivity index (χ0v) is 38.9. The van der Waals surface area contributed by atoms with Gasteiger partial charge < -0.3 is 33.0 Å². The first kappa shape index (κ1) is 56.7. The van der Waals surface area contributed by atoms with Crippen molar-refractivity contribution in [3.05, 3.63) is 60.8 Å². The molecule has 0 amide bonds. The van der Waals surface area contributed by atoms with E-state index in [0.717, 1.165) is 64.2 Å². The highest BCUT2D eigenvalue weighted by Crippen LogP contribution is 2.38. The third-order valence-electron chi connectivity index (χ3n) is 9.61. The molecule has 342 valence electrons. The van der Waals surface area contributed by atoms with Crippen molar-refractivity contribution in [1.82, 2.24) is 0 Å².